The van der Waals surface area contributed by atoms with Crippen molar-refractivity contribution in [1.82, 2.24) is 5.32 Å². The molecule has 20 heavy (non-hydrogen) atoms. The summed E-state index contributed by atoms with van der Waals surface area (Å²) in [6.07, 6.45) is 1.58. The van der Waals surface area contributed by atoms with E-state index in [2.05, 4.69) is 5.32 Å². The van der Waals surface area contributed by atoms with Gasteiger partial charge in [-0.05, 0) is 25.0 Å². The number of nitriles is 1. The maximum atomic E-state index is 13.3. The predicted octanol–water partition coefficient (Wildman–Crippen LogP) is 1.37. The van der Waals surface area contributed by atoms with E-state index in [1.165, 1.54) is 12.1 Å². The summed E-state index contributed by atoms with van der Waals surface area (Å²) in [4.78, 5) is 11.7. The second kappa shape index (κ2) is 6.87. The molecule has 1 aromatic rings. The highest BCUT2D eigenvalue weighted by atomic mass is 19.1. The number of carbonyl (C=O) groups excluding carboxylic acids is 1. The molecule has 1 aliphatic heterocycles. The molecule has 1 fully saturated rings. The van der Waals surface area contributed by atoms with Gasteiger partial charge in [-0.3, -0.25) is 4.79 Å². The second-order valence-corrected chi connectivity index (χ2v) is 4.50. The van der Waals surface area contributed by atoms with E-state index in [4.69, 9.17) is 14.7 Å². The van der Waals surface area contributed by atoms with Crippen molar-refractivity contribution in [2.45, 2.75) is 18.9 Å². The van der Waals surface area contributed by atoms with Gasteiger partial charge in [0, 0.05) is 25.3 Å². The van der Waals surface area contributed by atoms with Gasteiger partial charge in [-0.25, -0.2) is 4.39 Å². The third-order valence-corrected chi connectivity index (χ3v) is 3.02. The highest BCUT2D eigenvalue weighted by Gasteiger charge is 2.16. The minimum absolute atomic E-state index is 0.0518. The Morgan fingerprint density at radius 1 is 1.50 bits per heavy atom. The lowest BCUT2D eigenvalue weighted by atomic mass is 10.1. The van der Waals surface area contributed by atoms with Crippen molar-refractivity contribution in [2.24, 2.45) is 0 Å². The Hall–Kier alpha value is -2.13. The van der Waals surface area contributed by atoms with Crippen LogP contribution in [0.2, 0.25) is 0 Å². The summed E-state index contributed by atoms with van der Waals surface area (Å²) in [5.41, 5.74) is -0.0518. The number of rotatable bonds is 4. The average Bonchev–Trinajstić information content (AvgIpc) is 2.46. The molecule has 1 aromatic carbocycles. The van der Waals surface area contributed by atoms with E-state index in [9.17, 15) is 9.18 Å². The maximum absolute atomic E-state index is 13.3. The minimum Gasteiger partial charge on any atom is -0.484 e. The monoisotopic (exact) mass is 278 g/mol. The van der Waals surface area contributed by atoms with Crippen LogP contribution < -0.4 is 10.1 Å². The molecule has 0 bridgehead atoms. The van der Waals surface area contributed by atoms with Gasteiger partial charge in [0.05, 0.1) is 5.56 Å². The molecule has 1 heterocycles. The molecule has 0 atom stereocenters. The van der Waals surface area contributed by atoms with Crippen LogP contribution in [-0.2, 0) is 9.53 Å². The van der Waals surface area contributed by atoms with Crippen LogP contribution in [0.25, 0.3) is 0 Å². The minimum atomic E-state index is -0.658. The van der Waals surface area contributed by atoms with E-state index in [1.807, 2.05) is 0 Å². The van der Waals surface area contributed by atoms with E-state index in [-0.39, 0.29) is 29.9 Å². The third kappa shape index (κ3) is 3.93. The molecule has 6 heteroatoms. The maximum Gasteiger partial charge on any atom is 0.258 e. The Balaban J connectivity index is 1.81. The number of hydrogen-bond acceptors (Lipinski definition) is 4. The number of nitrogens with one attached hydrogen (secondary N) is 1. The quantitative estimate of drug-likeness (QED) is 0.903. The number of ether oxygens (including phenoxy) is 2. The van der Waals surface area contributed by atoms with Gasteiger partial charge in [0.25, 0.3) is 5.91 Å². The van der Waals surface area contributed by atoms with Crippen molar-refractivity contribution in [3.8, 4) is 11.8 Å². The lowest BCUT2D eigenvalue weighted by Crippen LogP contribution is -2.41. The van der Waals surface area contributed by atoms with Crippen LogP contribution in [0.3, 0.4) is 0 Å². The Morgan fingerprint density at radius 3 is 2.90 bits per heavy atom. The van der Waals surface area contributed by atoms with Gasteiger partial charge in [0.1, 0.15) is 17.6 Å². The van der Waals surface area contributed by atoms with E-state index in [1.54, 1.807) is 6.07 Å². The summed E-state index contributed by atoms with van der Waals surface area (Å²) >= 11 is 0. The first-order valence-electron chi connectivity index (χ1n) is 6.38. The SMILES string of the molecule is N#Cc1ccc(OCC(=O)NC2CCOCC2)cc1F. The molecule has 0 aromatic heterocycles. The normalized spacial score (nSPS) is 15.4. The van der Waals surface area contributed by atoms with E-state index < -0.39 is 5.82 Å². The first-order valence-corrected chi connectivity index (χ1v) is 6.38. The van der Waals surface area contributed by atoms with E-state index in [0.29, 0.717) is 13.2 Å². The smallest absolute Gasteiger partial charge is 0.258 e. The van der Waals surface area contributed by atoms with Crippen LogP contribution in [0.4, 0.5) is 4.39 Å². The van der Waals surface area contributed by atoms with E-state index >= 15 is 0 Å². The number of carbonyl (C=O) groups is 1. The summed E-state index contributed by atoms with van der Waals surface area (Å²) in [5.74, 6) is -0.680. The topological polar surface area (TPSA) is 71.3 Å². The van der Waals surface area contributed by atoms with Crippen LogP contribution in [0.15, 0.2) is 18.2 Å². The van der Waals surface area contributed by atoms with E-state index in [0.717, 1.165) is 18.9 Å². The highest BCUT2D eigenvalue weighted by Crippen LogP contribution is 2.16. The fraction of sp³-hybridized carbons (Fsp3) is 0.429. The van der Waals surface area contributed by atoms with Crippen LogP contribution in [-0.4, -0.2) is 31.8 Å². The molecule has 1 aliphatic rings. The predicted molar refractivity (Wildman–Crippen MR) is 68.6 cm³/mol. The fourth-order valence-corrected chi connectivity index (χ4v) is 1.94. The Bertz CT molecular complexity index is 522. The zero-order chi connectivity index (χ0) is 14.4. The van der Waals surface area contributed by atoms with Gasteiger partial charge < -0.3 is 14.8 Å². The van der Waals surface area contributed by atoms with Crippen LogP contribution in [0.5, 0.6) is 5.75 Å². The summed E-state index contributed by atoms with van der Waals surface area (Å²) in [6.45, 7) is 1.11. The molecule has 1 saturated heterocycles. The highest BCUT2D eigenvalue weighted by molar-refractivity contribution is 5.77. The lowest BCUT2D eigenvalue weighted by molar-refractivity contribution is -0.124. The van der Waals surface area contributed by atoms with Gasteiger partial charge in [0.2, 0.25) is 0 Å². The molecule has 0 saturated carbocycles. The lowest BCUT2D eigenvalue weighted by Gasteiger charge is -2.23. The standard InChI is InChI=1S/C14H15FN2O3/c15-13-7-12(2-1-10(13)8-16)20-9-14(18)17-11-3-5-19-6-4-11/h1-2,7,11H,3-6,9H2,(H,17,18). The Morgan fingerprint density at radius 2 is 2.25 bits per heavy atom. The molecule has 2 rings (SSSR count). The van der Waals surface area contributed by atoms with Gasteiger partial charge in [-0.2, -0.15) is 5.26 Å². The first kappa shape index (κ1) is 14.3. The van der Waals surface area contributed by atoms with Crippen molar-refractivity contribution < 1.29 is 18.7 Å². The largest absolute Gasteiger partial charge is 0.484 e. The molecule has 0 spiro atoms. The summed E-state index contributed by atoms with van der Waals surface area (Å²) in [5, 5.41) is 11.4. The number of nitrogens with zero attached hydrogens (tertiary/aromatic N) is 1. The fourth-order valence-electron chi connectivity index (χ4n) is 1.94. The average molecular weight is 278 g/mol. The number of hydrogen-bond donors (Lipinski definition) is 1. The third-order valence-electron chi connectivity index (χ3n) is 3.02. The van der Waals surface area contributed by atoms with Gasteiger partial charge in [0.15, 0.2) is 6.61 Å². The van der Waals surface area contributed by atoms with Crippen LogP contribution >= 0.6 is 0 Å². The van der Waals surface area contributed by atoms with Crippen molar-refractivity contribution in [3.05, 3.63) is 29.6 Å². The van der Waals surface area contributed by atoms with Crippen molar-refractivity contribution in [1.29, 1.82) is 5.26 Å². The van der Waals surface area contributed by atoms with Gasteiger partial charge in [-0.1, -0.05) is 0 Å². The summed E-state index contributed by atoms with van der Waals surface area (Å²) in [7, 11) is 0. The summed E-state index contributed by atoms with van der Waals surface area (Å²) < 4.78 is 23.7. The molecule has 5 nitrogen and oxygen atoms in total. The van der Waals surface area contributed by atoms with Crippen LogP contribution in [0.1, 0.15) is 18.4 Å². The van der Waals surface area contributed by atoms with Crippen LogP contribution in [0, 0.1) is 17.1 Å². The number of benzene rings is 1. The molecule has 0 aliphatic carbocycles. The Kier molecular flexibility index (Phi) is 4.91. The van der Waals surface area contributed by atoms with Crippen molar-refractivity contribution in [3.63, 3.8) is 0 Å². The van der Waals surface area contributed by atoms with Gasteiger partial charge in [-0.15, -0.1) is 0 Å². The number of halogens is 1. The zero-order valence-corrected chi connectivity index (χ0v) is 10.9. The molecule has 0 unspecified atom stereocenters. The molecule has 1 N–H and O–H groups in total. The van der Waals surface area contributed by atoms with Crippen molar-refractivity contribution >= 4 is 5.91 Å². The van der Waals surface area contributed by atoms with Crippen molar-refractivity contribution in [2.75, 3.05) is 19.8 Å². The van der Waals surface area contributed by atoms with Gasteiger partial charge >= 0.3 is 0 Å². The second-order valence-electron chi connectivity index (χ2n) is 4.50. The Labute approximate surface area is 116 Å². The molecular formula is C14H15FN2O3. The zero-order valence-electron chi connectivity index (χ0n) is 10.9. The molecule has 1 amide bonds. The molecule has 106 valence electrons. The molecule has 0 radical (unpaired) electrons. The molecular weight excluding hydrogens is 263 g/mol. The first-order chi connectivity index (χ1) is 9.69. The number of amides is 1. The summed E-state index contributed by atoms with van der Waals surface area (Å²) in [6, 6.07) is 5.71.